The van der Waals surface area contributed by atoms with E-state index in [0.29, 0.717) is 11.1 Å². The van der Waals surface area contributed by atoms with Crippen LogP contribution in [0.1, 0.15) is 62.2 Å². The van der Waals surface area contributed by atoms with Gasteiger partial charge in [-0.25, -0.2) is 0 Å². The van der Waals surface area contributed by atoms with Gasteiger partial charge >= 0.3 is 0 Å². The van der Waals surface area contributed by atoms with E-state index in [1.165, 1.54) is 13.2 Å². The van der Waals surface area contributed by atoms with Crippen LogP contribution in [0.4, 0.5) is 0 Å². The molecule has 1 aromatic heterocycles. The molecule has 2 aliphatic heterocycles. The van der Waals surface area contributed by atoms with Crippen LogP contribution in [0.5, 0.6) is 17.2 Å². The first kappa shape index (κ1) is 25.7. The zero-order chi connectivity index (χ0) is 29.2. The average molecular weight is 559 g/mol. The van der Waals surface area contributed by atoms with Crippen molar-refractivity contribution in [2.45, 2.75) is 65.0 Å². The Kier molecular flexibility index (Phi) is 5.24. The second-order valence-electron chi connectivity index (χ2n) is 11.1. The fraction of sp³-hybridized carbons (Fsp3) is 0.355. The Morgan fingerprint density at radius 2 is 1.29 bits per heavy atom. The van der Waals surface area contributed by atoms with Gasteiger partial charge < -0.3 is 28.8 Å². The number of fused-ring (bicyclic) bond motifs is 8. The van der Waals surface area contributed by atoms with Crippen molar-refractivity contribution in [2.75, 3.05) is 7.11 Å². The first-order valence-corrected chi connectivity index (χ1v) is 13.5. The monoisotopic (exact) mass is 558 g/mol. The number of furan rings is 1. The first-order valence-electron chi connectivity index (χ1n) is 13.5. The number of methoxy groups -OCH3 is 1. The minimum absolute atomic E-state index is 0.0303. The molecule has 0 unspecified atom stereocenters. The Bertz CT molecular complexity index is 2220. The number of ether oxygens (including phenoxy) is 3. The van der Waals surface area contributed by atoms with E-state index in [0.717, 1.165) is 0 Å². The summed E-state index contributed by atoms with van der Waals surface area (Å²) in [4.78, 5) is 55.6. The predicted octanol–water partition coefficient (Wildman–Crippen LogP) is 3.67. The standard InChI is InChI=1S/C31H26O10/c1-9-6-13-17(11(3)39-9)26(34)19-15(24(13)32)8-16(38-5)20-23-28(36)22-21(29(37)31(23)41-30(19)20)25(33)14-7-10(2)40-12(4)18(14)27(22)35/h8-12,33,35H,6-7H2,1-5H3/t9-,10-,11+,12+/m1/s1. The fourth-order valence-electron chi connectivity index (χ4n) is 6.99. The van der Waals surface area contributed by atoms with Gasteiger partial charge in [0.15, 0.2) is 22.0 Å². The number of benzene rings is 4. The molecule has 41 heavy (non-hydrogen) atoms. The van der Waals surface area contributed by atoms with Crippen molar-refractivity contribution in [3.05, 3.63) is 69.2 Å². The topological polar surface area (TPSA) is 150 Å². The van der Waals surface area contributed by atoms with Crippen LogP contribution in [0.15, 0.2) is 29.7 Å². The Hall–Kier alpha value is -4.28. The minimum atomic E-state index is -0.832. The molecule has 4 atom stereocenters. The van der Waals surface area contributed by atoms with E-state index >= 15 is 0 Å². The second kappa shape index (κ2) is 8.37. The molecule has 2 aliphatic rings. The van der Waals surface area contributed by atoms with Gasteiger partial charge in [-0.05, 0) is 33.8 Å². The van der Waals surface area contributed by atoms with Crippen LogP contribution in [-0.4, -0.2) is 29.5 Å². The lowest BCUT2D eigenvalue weighted by Gasteiger charge is -2.30. The molecule has 0 radical (unpaired) electrons. The molecule has 0 saturated carbocycles. The van der Waals surface area contributed by atoms with E-state index in [-0.39, 0.29) is 85.3 Å². The van der Waals surface area contributed by atoms with Crippen molar-refractivity contribution < 1.29 is 28.8 Å². The van der Waals surface area contributed by atoms with Gasteiger partial charge in [0.05, 0.1) is 58.5 Å². The number of hydrogen-bond donors (Lipinski definition) is 2. The van der Waals surface area contributed by atoms with E-state index in [9.17, 15) is 29.4 Å². The SMILES string of the molecule is COc1cc2c(=O)c3c(c(=O)c2c2oc4c(=O)c5c(O)c6c(c(O)c5c(=O)c4c12)[C@H](C)O[C@H](C)C6)[C@H](C)O[C@H](C)C3. The van der Waals surface area contributed by atoms with Gasteiger partial charge in [-0.1, -0.05) is 0 Å². The number of hydrogen-bond acceptors (Lipinski definition) is 10. The highest BCUT2D eigenvalue weighted by molar-refractivity contribution is 6.20. The van der Waals surface area contributed by atoms with Crippen molar-refractivity contribution in [3.8, 4) is 17.2 Å². The van der Waals surface area contributed by atoms with Gasteiger partial charge in [-0.3, -0.25) is 19.2 Å². The molecule has 0 fully saturated rings. The van der Waals surface area contributed by atoms with Crippen molar-refractivity contribution in [1.29, 1.82) is 0 Å². The highest BCUT2D eigenvalue weighted by Crippen LogP contribution is 2.46. The summed E-state index contributed by atoms with van der Waals surface area (Å²) in [5.74, 6) is -0.818. The maximum Gasteiger partial charge on any atom is 0.233 e. The Morgan fingerprint density at radius 3 is 1.95 bits per heavy atom. The number of phenols is 2. The molecule has 0 amide bonds. The van der Waals surface area contributed by atoms with Crippen molar-refractivity contribution in [2.24, 2.45) is 0 Å². The maximum absolute atomic E-state index is 14.1. The third-order valence-electron chi connectivity index (χ3n) is 8.61. The fourth-order valence-corrected chi connectivity index (χ4v) is 6.99. The van der Waals surface area contributed by atoms with E-state index in [2.05, 4.69) is 0 Å². The predicted molar refractivity (Wildman–Crippen MR) is 151 cm³/mol. The third-order valence-corrected chi connectivity index (χ3v) is 8.61. The number of phenolic OH excluding ortho intramolecular Hbond substituents is 2. The summed E-state index contributed by atoms with van der Waals surface area (Å²) in [6, 6.07) is 1.39. The molecule has 0 saturated heterocycles. The van der Waals surface area contributed by atoms with E-state index < -0.39 is 45.6 Å². The van der Waals surface area contributed by atoms with Crippen molar-refractivity contribution in [3.63, 3.8) is 0 Å². The lowest BCUT2D eigenvalue weighted by molar-refractivity contribution is -0.00650. The van der Waals surface area contributed by atoms with Crippen molar-refractivity contribution in [1.82, 2.24) is 0 Å². The molecule has 10 nitrogen and oxygen atoms in total. The summed E-state index contributed by atoms with van der Waals surface area (Å²) >= 11 is 0. The van der Waals surface area contributed by atoms with E-state index in [1.54, 1.807) is 20.8 Å². The van der Waals surface area contributed by atoms with Gasteiger partial charge in [0.2, 0.25) is 10.9 Å². The quantitative estimate of drug-likeness (QED) is 0.292. The Labute approximate surface area is 231 Å². The van der Waals surface area contributed by atoms with Gasteiger partial charge in [-0.15, -0.1) is 0 Å². The lowest BCUT2D eigenvalue weighted by Crippen LogP contribution is -2.33. The normalized spacial score (nSPS) is 22.5. The lowest BCUT2D eigenvalue weighted by atomic mass is 9.88. The number of rotatable bonds is 1. The van der Waals surface area contributed by atoms with Gasteiger partial charge in [0.1, 0.15) is 17.2 Å². The zero-order valence-electron chi connectivity index (χ0n) is 23.0. The van der Waals surface area contributed by atoms with Crippen LogP contribution in [0.25, 0.3) is 43.5 Å². The highest BCUT2D eigenvalue weighted by Gasteiger charge is 2.35. The molecular weight excluding hydrogens is 532 g/mol. The molecule has 3 heterocycles. The molecule has 0 bridgehead atoms. The summed E-state index contributed by atoms with van der Waals surface area (Å²) in [6.45, 7) is 7.00. The molecule has 210 valence electrons. The molecule has 5 aromatic rings. The molecular formula is C31H26O10. The van der Waals surface area contributed by atoms with Crippen LogP contribution in [0.2, 0.25) is 0 Å². The summed E-state index contributed by atoms with van der Waals surface area (Å²) in [7, 11) is 1.34. The highest BCUT2D eigenvalue weighted by atomic mass is 16.5. The largest absolute Gasteiger partial charge is 0.507 e. The maximum atomic E-state index is 14.1. The number of aromatic hydroxyl groups is 2. The smallest absolute Gasteiger partial charge is 0.233 e. The van der Waals surface area contributed by atoms with Crippen LogP contribution in [-0.2, 0) is 22.3 Å². The Morgan fingerprint density at radius 1 is 0.683 bits per heavy atom. The molecule has 0 spiro atoms. The van der Waals surface area contributed by atoms with Crippen LogP contribution < -0.4 is 26.5 Å². The minimum Gasteiger partial charge on any atom is -0.507 e. The van der Waals surface area contributed by atoms with Crippen LogP contribution in [0, 0.1) is 0 Å². The third kappa shape index (κ3) is 3.14. The van der Waals surface area contributed by atoms with Gasteiger partial charge in [0, 0.05) is 40.5 Å². The van der Waals surface area contributed by atoms with Crippen LogP contribution in [0.3, 0.4) is 0 Å². The molecule has 10 heteroatoms. The second-order valence-corrected chi connectivity index (χ2v) is 11.1. The summed E-state index contributed by atoms with van der Waals surface area (Å²) in [5.41, 5.74) is -1.91. The average Bonchev–Trinajstić information content (AvgIpc) is 3.32. The molecule has 7 rings (SSSR count). The van der Waals surface area contributed by atoms with E-state index in [1.807, 2.05) is 6.92 Å². The summed E-state index contributed by atoms with van der Waals surface area (Å²) in [6.07, 6.45) is -1.39. The van der Waals surface area contributed by atoms with Crippen LogP contribution >= 0.6 is 0 Å². The molecule has 4 aromatic carbocycles. The van der Waals surface area contributed by atoms with Gasteiger partial charge in [-0.2, -0.15) is 0 Å². The Balaban J connectivity index is 1.73. The molecule has 0 aliphatic carbocycles. The van der Waals surface area contributed by atoms with Gasteiger partial charge in [0.25, 0.3) is 0 Å². The summed E-state index contributed by atoms with van der Waals surface area (Å²) in [5, 5.41) is 21.6. The molecule has 2 N–H and O–H groups in total. The van der Waals surface area contributed by atoms with E-state index in [4.69, 9.17) is 18.6 Å². The van der Waals surface area contributed by atoms with Crippen molar-refractivity contribution >= 4 is 43.5 Å². The zero-order valence-corrected chi connectivity index (χ0v) is 23.0. The summed E-state index contributed by atoms with van der Waals surface area (Å²) < 4.78 is 23.2. The first-order chi connectivity index (χ1) is 19.5.